The van der Waals surface area contributed by atoms with Crippen molar-refractivity contribution < 1.29 is 14.7 Å². The van der Waals surface area contributed by atoms with Crippen molar-refractivity contribution in [1.82, 2.24) is 9.88 Å². The number of likely N-dealkylation sites (N-methyl/N-ethyl adjacent to an activating group) is 1. The highest BCUT2D eigenvalue weighted by atomic mass is 16.4. The lowest BCUT2D eigenvalue weighted by Crippen LogP contribution is -2.32. The fraction of sp³-hybridized carbons (Fsp3) is 0.300. The number of nitrogens with zero attached hydrogens (tertiary/aromatic N) is 1. The molecule has 0 unspecified atom stereocenters. The summed E-state index contributed by atoms with van der Waals surface area (Å²) in [4.78, 5) is 33.2. The minimum Gasteiger partial charge on any atom is -0.478 e. The third kappa shape index (κ3) is 2.94. The molecule has 6 heteroatoms. The van der Waals surface area contributed by atoms with Crippen molar-refractivity contribution in [2.75, 3.05) is 6.54 Å². The van der Waals surface area contributed by atoms with Crippen LogP contribution in [-0.2, 0) is 11.3 Å². The number of carboxylic acid groups (broad SMARTS) is 1. The van der Waals surface area contributed by atoms with E-state index in [0.717, 1.165) is 16.8 Å². The van der Waals surface area contributed by atoms with E-state index in [1.165, 1.54) is 6.07 Å². The van der Waals surface area contributed by atoms with Crippen molar-refractivity contribution in [3.05, 3.63) is 34.2 Å². The van der Waals surface area contributed by atoms with Gasteiger partial charge in [-0.3, -0.25) is 9.59 Å². The van der Waals surface area contributed by atoms with Crippen LogP contribution in [0, 0.1) is 0 Å². The summed E-state index contributed by atoms with van der Waals surface area (Å²) in [5.41, 5.74) is -0.430. The lowest BCUT2D eigenvalue weighted by Gasteiger charge is -2.06. The van der Waals surface area contributed by atoms with Gasteiger partial charge < -0.3 is 15.0 Å². The first-order valence-electron chi connectivity index (χ1n) is 4.75. The summed E-state index contributed by atoms with van der Waals surface area (Å²) in [5.74, 6) is -1.46. The molecule has 0 spiro atoms. The Morgan fingerprint density at radius 3 is 2.69 bits per heavy atom. The van der Waals surface area contributed by atoms with Gasteiger partial charge in [-0.1, -0.05) is 0 Å². The van der Waals surface area contributed by atoms with E-state index in [1.54, 1.807) is 6.92 Å². The van der Waals surface area contributed by atoms with Crippen molar-refractivity contribution in [1.29, 1.82) is 0 Å². The Hall–Kier alpha value is -2.11. The third-order valence-corrected chi connectivity index (χ3v) is 1.92. The van der Waals surface area contributed by atoms with Gasteiger partial charge in [-0.05, 0) is 13.0 Å². The van der Waals surface area contributed by atoms with Crippen LogP contribution in [0.2, 0.25) is 0 Å². The van der Waals surface area contributed by atoms with Crippen LogP contribution in [-0.4, -0.2) is 28.1 Å². The number of aromatic carboxylic acids is 1. The molecule has 0 radical (unpaired) electrons. The van der Waals surface area contributed by atoms with Gasteiger partial charge in [0.25, 0.3) is 5.56 Å². The second-order valence-electron chi connectivity index (χ2n) is 3.14. The molecule has 1 rings (SSSR count). The molecular weight excluding hydrogens is 212 g/mol. The van der Waals surface area contributed by atoms with Gasteiger partial charge in [-0.25, -0.2) is 4.79 Å². The summed E-state index contributed by atoms with van der Waals surface area (Å²) in [5, 5.41) is 11.2. The first kappa shape index (κ1) is 12.0. The van der Waals surface area contributed by atoms with Crippen molar-refractivity contribution >= 4 is 11.9 Å². The van der Waals surface area contributed by atoms with E-state index in [1.807, 2.05) is 0 Å². The van der Waals surface area contributed by atoms with Gasteiger partial charge in [0, 0.05) is 18.8 Å². The number of pyridine rings is 1. The molecule has 2 N–H and O–H groups in total. The molecular formula is C10H12N2O4. The van der Waals surface area contributed by atoms with Crippen LogP contribution in [0.25, 0.3) is 0 Å². The van der Waals surface area contributed by atoms with Gasteiger partial charge in [0.2, 0.25) is 5.91 Å². The monoisotopic (exact) mass is 224 g/mol. The van der Waals surface area contributed by atoms with Crippen LogP contribution in [0.5, 0.6) is 0 Å². The maximum absolute atomic E-state index is 11.3. The molecule has 0 aliphatic rings. The number of aromatic nitrogens is 1. The third-order valence-electron chi connectivity index (χ3n) is 1.92. The standard InChI is InChI=1S/C10H12N2O4/c1-2-11-8(13)6-12-5-7(10(15)16)3-4-9(12)14/h3-5H,2,6H2,1H3,(H,11,13)(H,15,16). The molecule has 0 aliphatic heterocycles. The summed E-state index contributed by atoms with van der Waals surface area (Å²) in [6.07, 6.45) is 1.15. The highest BCUT2D eigenvalue weighted by molar-refractivity contribution is 5.87. The fourth-order valence-electron chi connectivity index (χ4n) is 1.19. The Kier molecular flexibility index (Phi) is 3.82. The van der Waals surface area contributed by atoms with Crippen molar-refractivity contribution in [3.8, 4) is 0 Å². The maximum Gasteiger partial charge on any atom is 0.337 e. The maximum atomic E-state index is 11.3. The fourth-order valence-corrected chi connectivity index (χ4v) is 1.19. The summed E-state index contributed by atoms with van der Waals surface area (Å²) >= 11 is 0. The summed E-state index contributed by atoms with van der Waals surface area (Å²) in [6.45, 7) is 2.05. The molecule has 86 valence electrons. The average Bonchev–Trinajstić information content (AvgIpc) is 2.21. The lowest BCUT2D eigenvalue weighted by atomic mass is 10.3. The molecule has 0 aromatic carbocycles. The largest absolute Gasteiger partial charge is 0.478 e. The van der Waals surface area contributed by atoms with Crippen LogP contribution in [0.1, 0.15) is 17.3 Å². The number of nitrogens with one attached hydrogen (secondary N) is 1. The summed E-state index contributed by atoms with van der Waals surface area (Å²) < 4.78 is 1.06. The normalized spacial score (nSPS) is 9.81. The minimum atomic E-state index is -1.13. The van der Waals surface area contributed by atoms with E-state index in [0.29, 0.717) is 6.54 Å². The van der Waals surface area contributed by atoms with Gasteiger partial charge in [-0.2, -0.15) is 0 Å². The average molecular weight is 224 g/mol. The minimum absolute atomic E-state index is 0.0242. The van der Waals surface area contributed by atoms with Gasteiger partial charge >= 0.3 is 5.97 Å². The number of carbonyl (C=O) groups is 2. The Labute approximate surface area is 91.5 Å². The molecule has 1 amide bonds. The Balaban J connectivity index is 2.94. The van der Waals surface area contributed by atoms with Crippen LogP contribution in [0.15, 0.2) is 23.1 Å². The zero-order valence-electron chi connectivity index (χ0n) is 8.77. The quantitative estimate of drug-likeness (QED) is 0.733. The molecule has 1 aromatic heterocycles. The topological polar surface area (TPSA) is 88.4 Å². The molecule has 1 heterocycles. The predicted octanol–water partition coefficient (Wildman–Crippen LogP) is -0.317. The number of amides is 1. The highest BCUT2D eigenvalue weighted by Crippen LogP contribution is 1.95. The number of hydrogen-bond acceptors (Lipinski definition) is 3. The predicted molar refractivity (Wildman–Crippen MR) is 56.3 cm³/mol. The summed E-state index contributed by atoms with van der Waals surface area (Å²) in [7, 11) is 0. The number of carbonyl (C=O) groups excluding carboxylic acids is 1. The molecule has 0 fully saturated rings. The SMILES string of the molecule is CCNC(=O)Cn1cc(C(=O)O)ccc1=O. The van der Waals surface area contributed by atoms with Gasteiger partial charge in [0.05, 0.1) is 5.56 Å². The zero-order chi connectivity index (χ0) is 12.1. The van der Waals surface area contributed by atoms with Crippen molar-refractivity contribution in [2.45, 2.75) is 13.5 Å². The highest BCUT2D eigenvalue weighted by Gasteiger charge is 2.07. The molecule has 0 atom stereocenters. The van der Waals surface area contributed by atoms with Crippen LogP contribution in [0.4, 0.5) is 0 Å². The molecule has 0 bridgehead atoms. The smallest absolute Gasteiger partial charge is 0.337 e. The Morgan fingerprint density at radius 2 is 2.12 bits per heavy atom. The van der Waals surface area contributed by atoms with Crippen LogP contribution >= 0.6 is 0 Å². The first-order valence-corrected chi connectivity index (χ1v) is 4.75. The van der Waals surface area contributed by atoms with E-state index < -0.39 is 11.5 Å². The zero-order valence-corrected chi connectivity index (χ0v) is 8.77. The van der Waals surface area contributed by atoms with E-state index in [2.05, 4.69) is 5.32 Å². The molecule has 0 saturated heterocycles. The molecule has 0 saturated carbocycles. The lowest BCUT2D eigenvalue weighted by molar-refractivity contribution is -0.121. The van der Waals surface area contributed by atoms with Gasteiger partial charge in [0.15, 0.2) is 0 Å². The number of rotatable bonds is 4. The van der Waals surface area contributed by atoms with Crippen LogP contribution in [0.3, 0.4) is 0 Å². The Bertz CT molecular complexity index is 464. The van der Waals surface area contributed by atoms with Gasteiger partial charge in [-0.15, -0.1) is 0 Å². The van der Waals surface area contributed by atoms with E-state index in [-0.39, 0.29) is 18.0 Å². The number of hydrogen-bond donors (Lipinski definition) is 2. The molecule has 1 aromatic rings. The molecule has 0 aliphatic carbocycles. The molecule has 16 heavy (non-hydrogen) atoms. The molecule has 6 nitrogen and oxygen atoms in total. The van der Waals surface area contributed by atoms with Crippen molar-refractivity contribution in [2.24, 2.45) is 0 Å². The van der Waals surface area contributed by atoms with E-state index in [4.69, 9.17) is 5.11 Å². The van der Waals surface area contributed by atoms with Crippen LogP contribution < -0.4 is 10.9 Å². The van der Waals surface area contributed by atoms with Crippen molar-refractivity contribution in [3.63, 3.8) is 0 Å². The number of carboxylic acids is 1. The Morgan fingerprint density at radius 1 is 1.44 bits per heavy atom. The van der Waals surface area contributed by atoms with E-state index >= 15 is 0 Å². The van der Waals surface area contributed by atoms with E-state index in [9.17, 15) is 14.4 Å². The second-order valence-corrected chi connectivity index (χ2v) is 3.14. The van der Waals surface area contributed by atoms with Gasteiger partial charge in [0.1, 0.15) is 6.54 Å². The first-order chi connectivity index (χ1) is 7.54. The second kappa shape index (κ2) is 5.11. The summed E-state index contributed by atoms with van der Waals surface area (Å²) in [6, 6.07) is 2.33.